The number of carboxylic acid groups (broad SMARTS) is 1. The van der Waals surface area contributed by atoms with Crippen LogP contribution in [0.25, 0.3) is 0 Å². The third-order valence-corrected chi connectivity index (χ3v) is 2.52. The molecule has 0 saturated heterocycles. The van der Waals surface area contributed by atoms with E-state index in [9.17, 15) is 4.79 Å². The van der Waals surface area contributed by atoms with E-state index in [4.69, 9.17) is 10.8 Å². The lowest BCUT2D eigenvalue weighted by atomic mass is 9.61. The lowest BCUT2D eigenvalue weighted by Gasteiger charge is -2.44. The largest absolute Gasteiger partial charge is 0.481 e. The fourth-order valence-electron chi connectivity index (χ4n) is 2.12. The number of hydrogen-bond donors (Lipinski definition) is 2. The van der Waals surface area contributed by atoms with Gasteiger partial charge in [0.25, 0.3) is 0 Å². The zero-order chi connectivity index (χ0) is 8.48. The Morgan fingerprint density at radius 1 is 1.73 bits per heavy atom. The van der Waals surface area contributed by atoms with Gasteiger partial charge in [0, 0.05) is 0 Å². The molecule has 0 aromatic carbocycles. The number of carboxylic acids is 1. The summed E-state index contributed by atoms with van der Waals surface area (Å²) in [6, 6.07) is 0. The fraction of sp³-hybridized carbons (Fsp3) is 0.875. The molecule has 3 heteroatoms. The van der Waals surface area contributed by atoms with Crippen LogP contribution in [-0.2, 0) is 4.79 Å². The van der Waals surface area contributed by atoms with E-state index in [1.165, 1.54) is 0 Å². The molecule has 1 saturated carbocycles. The van der Waals surface area contributed by atoms with Gasteiger partial charge in [-0.25, -0.2) is 0 Å². The molecule has 11 heavy (non-hydrogen) atoms. The summed E-state index contributed by atoms with van der Waals surface area (Å²) in [6.07, 6.45) is 2.21. The first kappa shape index (κ1) is 8.53. The van der Waals surface area contributed by atoms with Crippen molar-refractivity contribution < 1.29 is 9.90 Å². The van der Waals surface area contributed by atoms with E-state index in [1.807, 2.05) is 0 Å². The van der Waals surface area contributed by atoms with Crippen LogP contribution in [0.4, 0.5) is 0 Å². The lowest BCUT2D eigenvalue weighted by molar-refractivity contribution is -0.142. The summed E-state index contributed by atoms with van der Waals surface area (Å²) >= 11 is 0. The number of carbonyl (C=O) groups is 1. The van der Waals surface area contributed by atoms with Gasteiger partial charge in [0.1, 0.15) is 0 Å². The van der Waals surface area contributed by atoms with Crippen molar-refractivity contribution in [3.63, 3.8) is 0 Å². The van der Waals surface area contributed by atoms with Crippen LogP contribution in [-0.4, -0.2) is 17.6 Å². The minimum Gasteiger partial charge on any atom is -0.481 e. The molecular weight excluding hydrogens is 142 g/mol. The summed E-state index contributed by atoms with van der Waals surface area (Å²) in [5.74, 6) is -0.0553. The second-order valence-corrected chi connectivity index (χ2v) is 3.79. The van der Waals surface area contributed by atoms with Gasteiger partial charge in [-0.1, -0.05) is 6.92 Å². The van der Waals surface area contributed by atoms with E-state index in [1.54, 1.807) is 0 Å². The van der Waals surface area contributed by atoms with Crippen molar-refractivity contribution in [2.24, 2.45) is 17.1 Å². The molecule has 0 aliphatic heterocycles. The predicted octanol–water partition coefficient (Wildman–Crippen LogP) is 0.836. The maximum atomic E-state index is 10.4. The van der Waals surface area contributed by atoms with E-state index < -0.39 is 5.97 Å². The summed E-state index contributed by atoms with van der Waals surface area (Å²) in [7, 11) is 0. The minimum absolute atomic E-state index is 0.0642. The summed E-state index contributed by atoms with van der Waals surface area (Å²) in [5.41, 5.74) is 5.45. The van der Waals surface area contributed by atoms with Crippen molar-refractivity contribution in [1.82, 2.24) is 0 Å². The van der Waals surface area contributed by atoms with E-state index in [0.717, 1.165) is 12.8 Å². The lowest BCUT2D eigenvalue weighted by Crippen LogP contribution is -2.43. The molecule has 0 bridgehead atoms. The molecule has 0 radical (unpaired) electrons. The maximum Gasteiger partial charge on any atom is 0.303 e. The van der Waals surface area contributed by atoms with Crippen LogP contribution in [0.1, 0.15) is 26.2 Å². The zero-order valence-corrected chi connectivity index (χ0v) is 6.84. The minimum atomic E-state index is -0.720. The van der Waals surface area contributed by atoms with Crippen molar-refractivity contribution in [2.45, 2.75) is 26.2 Å². The fourth-order valence-corrected chi connectivity index (χ4v) is 2.12. The Bertz CT molecular complexity index is 161. The third kappa shape index (κ3) is 1.71. The Morgan fingerprint density at radius 3 is 2.55 bits per heavy atom. The standard InChI is InChI=1S/C8H15NO2/c1-6-2-8(3-6,5-9)4-7(10)11/h6H,2-5,9H2,1H3,(H,10,11). The van der Waals surface area contributed by atoms with Gasteiger partial charge >= 0.3 is 5.97 Å². The second-order valence-electron chi connectivity index (χ2n) is 3.79. The van der Waals surface area contributed by atoms with Crippen molar-refractivity contribution in [3.05, 3.63) is 0 Å². The van der Waals surface area contributed by atoms with E-state index in [2.05, 4.69) is 6.92 Å². The quantitative estimate of drug-likeness (QED) is 0.638. The highest BCUT2D eigenvalue weighted by molar-refractivity contribution is 5.68. The number of hydrogen-bond acceptors (Lipinski definition) is 2. The first-order valence-electron chi connectivity index (χ1n) is 4.00. The Labute approximate surface area is 66.6 Å². The average Bonchev–Trinajstić information content (AvgIpc) is 1.82. The number of rotatable bonds is 3. The molecule has 0 unspecified atom stereocenters. The van der Waals surface area contributed by atoms with E-state index >= 15 is 0 Å². The van der Waals surface area contributed by atoms with E-state index in [0.29, 0.717) is 12.5 Å². The predicted molar refractivity (Wildman–Crippen MR) is 42.1 cm³/mol. The van der Waals surface area contributed by atoms with Crippen molar-refractivity contribution in [1.29, 1.82) is 0 Å². The normalized spacial score (nSPS) is 36.4. The van der Waals surface area contributed by atoms with Gasteiger partial charge in [-0.3, -0.25) is 4.79 Å². The summed E-state index contributed by atoms with van der Waals surface area (Å²) in [5, 5.41) is 8.58. The van der Waals surface area contributed by atoms with Crippen LogP contribution in [0.15, 0.2) is 0 Å². The molecule has 1 aliphatic carbocycles. The molecule has 0 amide bonds. The average molecular weight is 157 g/mol. The molecule has 1 aliphatic rings. The smallest absolute Gasteiger partial charge is 0.303 e. The molecular formula is C8H15NO2. The van der Waals surface area contributed by atoms with Gasteiger partial charge in [0.15, 0.2) is 0 Å². The van der Waals surface area contributed by atoms with Gasteiger partial charge in [-0.15, -0.1) is 0 Å². The second kappa shape index (κ2) is 2.81. The van der Waals surface area contributed by atoms with Gasteiger partial charge in [0.2, 0.25) is 0 Å². The monoisotopic (exact) mass is 157 g/mol. The molecule has 3 N–H and O–H groups in total. The molecule has 0 aromatic rings. The molecule has 0 aromatic heterocycles. The van der Waals surface area contributed by atoms with Crippen LogP contribution in [0.5, 0.6) is 0 Å². The van der Waals surface area contributed by atoms with E-state index in [-0.39, 0.29) is 11.8 Å². The summed E-state index contributed by atoms with van der Waals surface area (Å²) < 4.78 is 0. The molecule has 1 fully saturated rings. The Hall–Kier alpha value is -0.570. The van der Waals surface area contributed by atoms with Gasteiger partial charge in [-0.05, 0) is 30.7 Å². The van der Waals surface area contributed by atoms with Gasteiger partial charge < -0.3 is 10.8 Å². The highest BCUT2D eigenvalue weighted by Crippen LogP contribution is 2.47. The Morgan fingerprint density at radius 2 is 2.27 bits per heavy atom. The third-order valence-electron chi connectivity index (χ3n) is 2.52. The summed E-state index contributed by atoms with van der Waals surface area (Å²) in [6.45, 7) is 2.65. The molecule has 64 valence electrons. The first-order valence-corrected chi connectivity index (χ1v) is 4.00. The molecule has 3 nitrogen and oxygen atoms in total. The number of aliphatic carboxylic acids is 1. The molecule has 1 rings (SSSR count). The Kier molecular flexibility index (Phi) is 2.18. The van der Waals surface area contributed by atoms with Crippen LogP contribution >= 0.6 is 0 Å². The highest BCUT2D eigenvalue weighted by Gasteiger charge is 2.42. The van der Waals surface area contributed by atoms with Crippen molar-refractivity contribution >= 4 is 5.97 Å². The van der Waals surface area contributed by atoms with Crippen molar-refractivity contribution in [2.75, 3.05) is 6.54 Å². The van der Waals surface area contributed by atoms with Crippen LogP contribution in [0, 0.1) is 11.3 Å². The molecule has 0 heterocycles. The maximum absolute atomic E-state index is 10.4. The SMILES string of the molecule is CC1CC(CN)(CC(=O)O)C1. The van der Waals surface area contributed by atoms with Crippen LogP contribution in [0.3, 0.4) is 0 Å². The summed E-state index contributed by atoms with van der Waals surface area (Å²) in [4.78, 5) is 10.4. The van der Waals surface area contributed by atoms with Crippen LogP contribution < -0.4 is 5.73 Å². The van der Waals surface area contributed by atoms with Gasteiger partial charge in [-0.2, -0.15) is 0 Å². The van der Waals surface area contributed by atoms with Gasteiger partial charge in [0.05, 0.1) is 6.42 Å². The Balaban J connectivity index is 2.44. The zero-order valence-electron chi connectivity index (χ0n) is 6.84. The highest BCUT2D eigenvalue weighted by atomic mass is 16.4. The van der Waals surface area contributed by atoms with Crippen molar-refractivity contribution in [3.8, 4) is 0 Å². The molecule has 0 spiro atoms. The van der Waals surface area contributed by atoms with Crippen LogP contribution in [0.2, 0.25) is 0 Å². The topological polar surface area (TPSA) is 63.3 Å². The first-order chi connectivity index (χ1) is 5.08. The number of nitrogens with two attached hydrogens (primary N) is 1. The molecule has 0 atom stereocenters.